The highest BCUT2D eigenvalue weighted by molar-refractivity contribution is 5.68. The molecule has 2 atom stereocenters. The highest BCUT2D eigenvalue weighted by Gasteiger charge is 2.14. The van der Waals surface area contributed by atoms with Crippen LogP contribution >= 0.6 is 0 Å². The lowest BCUT2D eigenvalue weighted by atomic mass is 10.2. The number of aryl methyl sites for hydroxylation is 2. The molecule has 0 radical (unpaired) electrons. The lowest BCUT2D eigenvalue weighted by Gasteiger charge is -2.15. The van der Waals surface area contributed by atoms with Crippen LogP contribution in [0.2, 0.25) is 0 Å². The van der Waals surface area contributed by atoms with Gasteiger partial charge in [-0.3, -0.25) is 10.1 Å². The summed E-state index contributed by atoms with van der Waals surface area (Å²) in [4.78, 5) is 19.2. The fourth-order valence-corrected chi connectivity index (χ4v) is 2.95. The normalized spacial score (nSPS) is 13.1. The summed E-state index contributed by atoms with van der Waals surface area (Å²) in [5, 5.41) is 49.2. The quantitative estimate of drug-likeness (QED) is 0.197. The first-order valence-corrected chi connectivity index (χ1v) is 10.6. The third-order valence-corrected chi connectivity index (χ3v) is 4.57. The number of rotatable bonds is 10. The van der Waals surface area contributed by atoms with Gasteiger partial charge < -0.3 is 20.8 Å². The van der Waals surface area contributed by atoms with Crippen LogP contribution in [0.5, 0.6) is 0 Å². The van der Waals surface area contributed by atoms with Gasteiger partial charge in [-0.05, 0) is 51.5 Å². The lowest BCUT2D eigenvalue weighted by Crippen LogP contribution is -2.18. The number of aliphatic hydroxyl groups excluding tert-OH is 2. The van der Waals surface area contributed by atoms with Crippen LogP contribution in [0.4, 0.5) is 29.0 Å². The predicted octanol–water partition coefficient (Wildman–Crippen LogP) is 3.19. The first-order chi connectivity index (χ1) is 16.1. The van der Waals surface area contributed by atoms with Gasteiger partial charge in [-0.2, -0.15) is 9.67 Å². The minimum absolute atomic E-state index is 0.0384. The maximum atomic E-state index is 10.9. The summed E-state index contributed by atoms with van der Waals surface area (Å²) >= 11 is 0. The molecule has 0 aliphatic rings. The van der Waals surface area contributed by atoms with Crippen LogP contribution in [0, 0.1) is 24.0 Å². The number of pyridine rings is 1. The number of nitro benzene ring substituents is 1. The summed E-state index contributed by atoms with van der Waals surface area (Å²) < 4.78 is 1.44. The Hall–Kier alpha value is -3.97. The van der Waals surface area contributed by atoms with E-state index >= 15 is 0 Å². The van der Waals surface area contributed by atoms with E-state index in [-0.39, 0.29) is 18.2 Å². The summed E-state index contributed by atoms with van der Waals surface area (Å²) in [6.07, 6.45) is -1.17. The van der Waals surface area contributed by atoms with Crippen LogP contribution in [0.15, 0.2) is 40.6 Å². The number of aliphatic hydroxyl groups is 2. The van der Waals surface area contributed by atoms with E-state index in [0.717, 1.165) is 5.56 Å². The Morgan fingerprint density at radius 3 is 2.32 bits per heavy atom. The van der Waals surface area contributed by atoms with Crippen molar-refractivity contribution in [1.82, 2.24) is 19.7 Å². The maximum Gasteiger partial charge on any atom is 0.272 e. The van der Waals surface area contributed by atoms with Crippen LogP contribution < -0.4 is 10.6 Å². The molecular formula is C21H27N9O4. The zero-order valence-corrected chi connectivity index (χ0v) is 19.3. The van der Waals surface area contributed by atoms with Gasteiger partial charge in [-0.25, -0.2) is 4.98 Å². The van der Waals surface area contributed by atoms with E-state index in [1.807, 2.05) is 6.92 Å². The second-order valence-corrected chi connectivity index (χ2v) is 7.83. The number of aromatic nitrogens is 4. The van der Waals surface area contributed by atoms with Crippen LogP contribution in [0.25, 0.3) is 5.69 Å². The van der Waals surface area contributed by atoms with Crippen molar-refractivity contribution in [1.29, 1.82) is 0 Å². The number of nitrogens with one attached hydrogen (secondary N) is 2. The second-order valence-electron chi connectivity index (χ2n) is 7.83. The molecular weight excluding hydrogens is 442 g/mol. The number of nitro groups is 1. The van der Waals surface area contributed by atoms with Crippen molar-refractivity contribution in [2.45, 2.75) is 39.9 Å². The van der Waals surface area contributed by atoms with Gasteiger partial charge in [0.15, 0.2) is 5.82 Å². The Morgan fingerprint density at radius 1 is 1.06 bits per heavy atom. The monoisotopic (exact) mass is 469 g/mol. The Bertz CT molecular complexity index is 1170. The van der Waals surface area contributed by atoms with E-state index in [9.17, 15) is 20.3 Å². The molecule has 0 aliphatic carbocycles. The smallest absolute Gasteiger partial charge is 0.272 e. The zero-order valence-electron chi connectivity index (χ0n) is 19.3. The Morgan fingerprint density at radius 2 is 1.71 bits per heavy atom. The fraction of sp³-hybridized carbons (Fsp3) is 0.381. The standard InChI is InChI=1S/C21H27N9O4/c1-12-9-18(22-10-13(2)31)25-20(23-11-14(3)32)19(12)26-27-21-24-15(4)28-29(21)16-5-7-17(8-6-16)30(33)34/h5-9,13-14,31-32H,10-11H2,1-4H3,(H2,22,23,25)/t13?,14-/m1/s1. The molecule has 2 aromatic heterocycles. The highest BCUT2D eigenvalue weighted by atomic mass is 16.6. The van der Waals surface area contributed by atoms with Gasteiger partial charge in [0.1, 0.15) is 17.3 Å². The number of azo groups is 1. The molecule has 3 rings (SSSR count). The van der Waals surface area contributed by atoms with Crippen LogP contribution in [0.3, 0.4) is 0 Å². The summed E-state index contributed by atoms with van der Waals surface area (Å²) in [5.41, 5.74) is 1.70. The largest absolute Gasteiger partial charge is 0.392 e. The van der Waals surface area contributed by atoms with Gasteiger partial charge in [-0.15, -0.1) is 15.3 Å². The van der Waals surface area contributed by atoms with E-state index in [1.165, 1.54) is 16.8 Å². The van der Waals surface area contributed by atoms with E-state index in [2.05, 4.69) is 35.9 Å². The lowest BCUT2D eigenvalue weighted by molar-refractivity contribution is -0.384. The first kappa shape index (κ1) is 24.7. The Balaban J connectivity index is 1.96. The van der Waals surface area contributed by atoms with E-state index < -0.39 is 17.1 Å². The molecule has 0 saturated carbocycles. The molecule has 0 fully saturated rings. The molecule has 0 bridgehead atoms. The van der Waals surface area contributed by atoms with Crippen molar-refractivity contribution in [3.05, 3.63) is 51.8 Å². The van der Waals surface area contributed by atoms with Crippen molar-refractivity contribution >= 4 is 29.0 Å². The molecule has 0 saturated heterocycles. The molecule has 4 N–H and O–H groups in total. The molecule has 13 nitrogen and oxygen atoms in total. The fourth-order valence-electron chi connectivity index (χ4n) is 2.95. The average molecular weight is 470 g/mol. The molecule has 3 aromatic rings. The highest BCUT2D eigenvalue weighted by Crippen LogP contribution is 2.31. The summed E-state index contributed by atoms with van der Waals surface area (Å²) in [7, 11) is 0. The summed E-state index contributed by atoms with van der Waals surface area (Å²) in [6.45, 7) is 7.41. The minimum atomic E-state index is -0.617. The van der Waals surface area contributed by atoms with Gasteiger partial charge in [0.2, 0.25) is 0 Å². The Labute approximate surface area is 195 Å². The Kier molecular flexibility index (Phi) is 7.81. The van der Waals surface area contributed by atoms with Crippen LogP contribution in [0.1, 0.15) is 25.2 Å². The third-order valence-electron chi connectivity index (χ3n) is 4.57. The molecule has 0 amide bonds. The van der Waals surface area contributed by atoms with Gasteiger partial charge in [0, 0.05) is 25.2 Å². The van der Waals surface area contributed by atoms with Crippen molar-refractivity contribution in [3.8, 4) is 5.69 Å². The number of non-ortho nitro benzene ring substituents is 1. The average Bonchev–Trinajstić information content (AvgIpc) is 3.15. The molecule has 13 heteroatoms. The summed E-state index contributed by atoms with van der Waals surface area (Å²) in [6, 6.07) is 7.62. The predicted molar refractivity (Wildman–Crippen MR) is 126 cm³/mol. The van der Waals surface area contributed by atoms with Crippen molar-refractivity contribution in [3.63, 3.8) is 0 Å². The van der Waals surface area contributed by atoms with Crippen molar-refractivity contribution < 1.29 is 15.1 Å². The molecule has 1 unspecified atom stereocenters. The van der Waals surface area contributed by atoms with Crippen LogP contribution in [-0.4, -0.2) is 60.2 Å². The van der Waals surface area contributed by atoms with Gasteiger partial charge in [0.05, 0.1) is 22.8 Å². The van der Waals surface area contributed by atoms with E-state index in [1.54, 1.807) is 39.0 Å². The van der Waals surface area contributed by atoms with Crippen molar-refractivity contribution in [2.24, 2.45) is 10.2 Å². The molecule has 1 aromatic carbocycles. The minimum Gasteiger partial charge on any atom is -0.392 e. The topological polar surface area (TPSA) is 176 Å². The molecule has 0 aliphatic heterocycles. The van der Waals surface area contributed by atoms with Crippen molar-refractivity contribution in [2.75, 3.05) is 23.7 Å². The first-order valence-electron chi connectivity index (χ1n) is 10.6. The molecule has 34 heavy (non-hydrogen) atoms. The maximum absolute atomic E-state index is 10.9. The van der Waals surface area contributed by atoms with Gasteiger partial charge >= 0.3 is 0 Å². The molecule has 2 heterocycles. The number of nitrogens with zero attached hydrogens (tertiary/aromatic N) is 7. The van der Waals surface area contributed by atoms with Gasteiger partial charge in [0.25, 0.3) is 11.6 Å². The van der Waals surface area contributed by atoms with E-state index in [0.29, 0.717) is 35.4 Å². The van der Waals surface area contributed by atoms with E-state index in [4.69, 9.17) is 0 Å². The second kappa shape index (κ2) is 10.8. The zero-order chi connectivity index (χ0) is 24.8. The third kappa shape index (κ3) is 6.30. The number of benzene rings is 1. The molecule has 180 valence electrons. The number of hydrogen-bond donors (Lipinski definition) is 4. The summed E-state index contributed by atoms with van der Waals surface area (Å²) in [5.74, 6) is 1.57. The van der Waals surface area contributed by atoms with Crippen LogP contribution in [-0.2, 0) is 0 Å². The SMILES string of the molecule is Cc1nc(N=Nc2c(C)cc(NCC(C)O)nc2NC[C@@H](C)O)n(-c2ccc([N+](=O)[O-])cc2)n1. The molecule has 0 spiro atoms. The number of anilines is 2. The number of hydrogen-bond acceptors (Lipinski definition) is 11. The van der Waals surface area contributed by atoms with Gasteiger partial charge in [-0.1, -0.05) is 0 Å².